The van der Waals surface area contributed by atoms with Crippen molar-refractivity contribution >= 4 is 23.3 Å². The molecule has 1 aromatic carbocycles. The van der Waals surface area contributed by atoms with Crippen LogP contribution in [0.1, 0.15) is 27.2 Å². The van der Waals surface area contributed by atoms with Crippen molar-refractivity contribution in [2.75, 3.05) is 5.32 Å². The Morgan fingerprint density at radius 3 is 2.20 bits per heavy atom. The highest BCUT2D eigenvalue weighted by atomic mass is 16.6. The first-order valence-electron chi connectivity index (χ1n) is 6.02. The first-order valence-corrected chi connectivity index (χ1v) is 6.02. The second-order valence-corrected chi connectivity index (χ2v) is 4.75. The van der Waals surface area contributed by atoms with Crippen molar-refractivity contribution in [2.24, 2.45) is 0 Å². The second-order valence-electron chi connectivity index (χ2n) is 4.75. The molecular formula is C14H17NO5. The van der Waals surface area contributed by atoms with E-state index >= 15 is 0 Å². The number of amides is 1. The van der Waals surface area contributed by atoms with E-state index in [0.717, 1.165) is 0 Å². The van der Waals surface area contributed by atoms with Crippen molar-refractivity contribution in [1.82, 2.24) is 0 Å². The maximum atomic E-state index is 11.7. The Kier molecular flexibility index (Phi) is 4.99. The van der Waals surface area contributed by atoms with Gasteiger partial charge >= 0.3 is 5.97 Å². The van der Waals surface area contributed by atoms with Crippen LogP contribution >= 0.6 is 0 Å². The Morgan fingerprint density at radius 2 is 1.75 bits per heavy atom. The molecule has 0 spiro atoms. The van der Waals surface area contributed by atoms with E-state index in [4.69, 9.17) is 4.74 Å². The van der Waals surface area contributed by atoms with E-state index in [1.807, 2.05) is 0 Å². The molecule has 108 valence electrons. The summed E-state index contributed by atoms with van der Waals surface area (Å²) in [5.74, 6) is -1.21. The van der Waals surface area contributed by atoms with E-state index in [-0.39, 0.29) is 23.9 Å². The van der Waals surface area contributed by atoms with Crippen LogP contribution in [0.5, 0.6) is 5.75 Å². The molecule has 0 unspecified atom stereocenters. The summed E-state index contributed by atoms with van der Waals surface area (Å²) in [5.41, 5.74) is -1.30. The lowest BCUT2D eigenvalue weighted by atomic mass is 10.0. The van der Waals surface area contributed by atoms with E-state index in [1.54, 1.807) is 12.1 Å². The van der Waals surface area contributed by atoms with Crippen molar-refractivity contribution in [3.8, 4) is 5.75 Å². The summed E-state index contributed by atoms with van der Waals surface area (Å²) in [6.45, 7) is 3.89. The molecule has 1 aromatic rings. The monoisotopic (exact) mass is 279 g/mol. The first-order chi connectivity index (χ1) is 9.20. The summed E-state index contributed by atoms with van der Waals surface area (Å²) >= 11 is 0. The van der Waals surface area contributed by atoms with E-state index in [2.05, 4.69) is 5.32 Å². The predicted molar refractivity (Wildman–Crippen MR) is 72.3 cm³/mol. The number of hydrogen-bond acceptors (Lipinski definition) is 5. The molecule has 0 saturated heterocycles. The Bertz CT molecular complexity index is 519. The van der Waals surface area contributed by atoms with Gasteiger partial charge in [0.15, 0.2) is 5.60 Å². The fourth-order valence-electron chi connectivity index (χ4n) is 1.58. The fraction of sp³-hybridized carbons (Fsp3) is 0.357. The number of anilines is 1. The van der Waals surface area contributed by atoms with Crippen LogP contribution in [0.3, 0.4) is 0 Å². The van der Waals surface area contributed by atoms with Crippen LogP contribution < -0.4 is 10.1 Å². The normalized spacial score (nSPS) is 13.2. The third-order valence-corrected chi connectivity index (χ3v) is 2.42. The van der Waals surface area contributed by atoms with Gasteiger partial charge < -0.3 is 15.2 Å². The molecule has 0 aliphatic carbocycles. The third kappa shape index (κ3) is 4.81. The lowest BCUT2D eigenvalue weighted by Gasteiger charge is -2.19. The lowest BCUT2D eigenvalue weighted by Crippen LogP contribution is -2.40. The average Bonchev–Trinajstić information content (AvgIpc) is 2.29. The van der Waals surface area contributed by atoms with Crippen LogP contribution in [0.15, 0.2) is 24.3 Å². The SMILES string of the molecule is CC(=O)C[C@](C)(O)C(=O)Oc1ccc(NC(C)=O)cc1. The van der Waals surface area contributed by atoms with Crippen molar-refractivity contribution in [1.29, 1.82) is 0 Å². The summed E-state index contributed by atoms with van der Waals surface area (Å²) in [6, 6.07) is 6.08. The number of Topliss-reactive ketones (excluding diaryl/α,β-unsaturated/α-hetero) is 1. The molecule has 6 nitrogen and oxygen atoms in total. The molecule has 0 aromatic heterocycles. The molecule has 0 aliphatic rings. The van der Waals surface area contributed by atoms with Gasteiger partial charge in [0.2, 0.25) is 5.91 Å². The molecular weight excluding hydrogens is 262 g/mol. The third-order valence-electron chi connectivity index (χ3n) is 2.42. The number of aliphatic hydroxyl groups is 1. The first kappa shape index (κ1) is 15.8. The standard InChI is InChI=1S/C14H17NO5/c1-9(16)8-14(3,19)13(18)20-12-6-4-11(5-7-12)15-10(2)17/h4-7,19H,8H2,1-3H3,(H,15,17)/t14-/m0/s1. The minimum atomic E-state index is -1.86. The van der Waals surface area contributed by atoms with Gasteiger partial charge in [-0.25, -0.2) is 4.79 Å². The topological polar surface area (TPSA) is 92.7 Å². The zero-order valence-corrected chi connectivity index (χ0v) is 11.6. The Labute approximate surface area is 116 Å². The van der Waals surface area contributed by atoms with Gasteiger partial charge in [0.1, 0.15) is 11.5 Å². The van der Waals surface area contributed by atoms with Gasteiger partial charge in [-0.05, 0) is 38.1 Å². The van der Waals surface area contributed by atoms with Crippen molar-refractivity contribution in [2.45, 2.75) is 32.8 Å². The Hall–Kier alpha value is -2.21. The fourth-order valence-corrected chi connectivity index (χ4v) is 1.58. The van der Waals surface area contributed by atoms with Gasteiger partial charge in [0, 0.05) is 19.0 Å². The van der Waals surface area contributed by atoms with Crippen LogP contribution in [0, 0.1) is 0 Å². The number of carbonyl (C=O) groups is 3. The van der Waals surface area contributed by atoms with E-state index < -0.39 is 11.6 Å². The number of hydrogen-bond donors (Lipinski definition) is 2. The van der Waals surface area contributed by atoms with Crippen LogP contribution in [-0.4, -0.2) is 28.4 Å². The number of esters is 1. The molecule has 0 aliphatic heterocycles. The van der Waals surface area contributed by atoms with Crippen molar-refractivity contribution in [3.63, 3.8) is 0 Å². The smallest absolute Gasteiger partial charge is 0.343 e. The van der Waals surface area contributed by atoms with Gasteiger partial charge in [0.05, 0.1) is 0 Å². The Morgan fingerprint density at radius 1 is 1.20 bits per heavy atom. The van der Waals surface area contributed by atoms with Crippen molar-refractivity contribution < 1.29 is 24.2 Å². The number of ether oxygens (including phenoxy) is 1. The summed E-state index contributed by atoms with van der Waals surface area (Å²) < 4.78 is 4.99. The second kappa shape index (κ2) is 6.29. The summed E-state index contributed by atoms with van der Waals surface area (Å²) in [5, 5.41) is 12.4. The average molecular weight is 279 g/mol. The minimum Gasteiger partial charge on any atom is -0.424 e. The quantitative estimate of drug-likeness (QED) is 0.625. The summed E-state index contributed by atoms with van der Waals surface area (Å²) in [4.78, 5) is 33.5. The minimum absolute atomic E-state index is 0.209. The predicted octanol–water partition coefficient (Wildman–Crippen LogP) is 1.28. The van der Waals surface area contributed by atoms with Crippen molar-refractivity contribution in [3.05, 3.63) is 24.3 Å². The molecule has 0 saturated carbocycles. The number of nitrogens with one attached hydrogen (secondary N) is 1. The molecule has 20 heavy (non-hydrogen) atoms. The molecule has 0 heterocycles. The molecule has 2 N–H and O–H groups in total. The van der Waals surface area contributed by atoms with E-state index in [0.29, 0.717) is 5.69 Å². The highest BCUT2D eigenvalue weighted by Gasteiger charge is 2.33. The number of carbonyl (C=O) groups excluding carboxylic acids is 3. The van der Waals surface area contributed by atoms with Crippen LogP contribution in [-0.2, 0) is 14.4 Å². The van der Waals surface area contributed by atoms with Gasteiger partial charge in [-0.3, -0.25) is 9.59 Å². The maximum absolute atomic E-state index is 11.7. The molecule has 6 heteroatoms. The lowest BCUT2D eigenvalue weighted by molar-refractivity contribution is -0.156. The largest absolute Gasteiger partial charge is 0.424 e. The molecule has 1 atom stereocenters. The van der Waals surface area contributed by atoms with Gasteiger partial charge in [0.25, 0.3) is 0 Å². The molecule has 1 amide bonds. The summed E-state index contributed by atoms with van der Waals surface area (Å²) in [6.07, 6.45) is -0.310. The molecule has 1 rings (SSSR count). The van der Waals surface area contributed by atoms with Gasteiger partial charge in [-0.1, -0.05) is 0 Å². The van der Waals surface area contributed by atoms with Gasteiger partial charge in [-0.15, -0.1) is 0 Å². The zero-order valence-electron chi connectivity index (χ0n) is 11.6. The number of benzene rings is 1. The molecule has 0 fully saturated rings. The summed E-state index contributed by atoms with van der Waals surface area (Å²) in [7, 11) is 0. The number of rotatable bonds is 5. The van der Waals surface area contributed by atoms with Gasteiger partial charge in [-0.2, -0.15) is 0 Å². The highest BCUT2D eigenvalue weighted by Crippen LogP contribution is 2.19. The molecule has 0 bridgehead atoms. The van der Waals surface area contributed by atoms with E-state index in [1.165, 1.54) is 32.9 Å². The highest BCUT2D eigenvalue weighted by molar-refractivity contribution is 5.89. The maximum Gasteiger partial charge on any atom is 0.343 e. The van der Waals surface area contributed by atoms with Crippen LogP contribution in [0.25, 0.3) is 0 Å². The van der Waals surface area contributed by atoms with Crippen LogP contribution in [0.2, 0.25) is 0 Å². The van der Waals surface area contributed by atoms with Crippen LogP contribution in [0.4, 0.5) is 5.69 Å². The Balaban J connectivity index is 2.71. The zero-order chi connectivity index (χ0) is 15.3. The molecule has 0 radical (unpaired) electrons. The number of ketones is 1. The van der Waals surface area contributed by atoms with E-state index in [9.17, 15) is 19.5 Å².